The molecule has 9 nitrogen and oxygen atoms in total. The summed E-state index contributed by atoms with van der Waals surface area (Å²) in [4.78, 5) is 26.5. The van der Waals surface area contributed by atoms with Gasteiger partial charge in [-0.15, -0.1) is 5.73 Å². The van der Waals surface area contributed by atoms with Gasteiger partial charge in [0.15, 0.2) is 0 Å². The van der Waals surface area contributed by atoms with E-state index in [1.165, 1.54) is 20.2 Å². The van der Waals surface area contributed by atoms with E-state index in [2.05, 4.69) is 27.4 Å². The van der Waals surface area contributed by atoms with E-state index in [-0.39, 0.29) is 30.8 Å². The van der Waals surface area contributed by atoms with Crippen molar-refractivity contribution in [1.29, 1.82) is 0 Å². The van der Waals surface area contributed by atoms with Crippen LogP contribution in [0.25, 0.3) is 0 Å². The van der Waals surface area contributed by atoms with Crippen molar-refractivity contribution in [2.24, 2.45) is 7.05 Å². The molecule has 0 aliphatic rings. The molecule has 1 aromatic heterocycles. The zero-order chi connectivity index (χ0) is 22.0. The van der Waals surface area contributed by atoms with Crippen LogP contribution in [0.3, 0.4) is 0 Å². The Kier molecular flexibility index (Phi) is 9.73. The molecule has 2 amide bonds. The SMILES string of the molecule is C=C=CC(=O)N(CCCNS(=O)(=O)CC)C(C(=O)NCCC)c1cnn(C)c1F. The molecule has 2 N–H and O–H groups in total. The number of amides is 2. The summed E-state index contributed by atoms with van der Waals surface area (Å²) in [5.41, 5.74) is 2.30. The van der Waals surface area contributed by atoms with Crippen molar-refractivity contribution < 1.29 is 22.4 Å². The highest BCUT2D eigenvalue weighted by atomic mass is 32.2. The molecule has 1 unspecified atom stereocenters. The fourth-order valence-corrected chi connectivity index (χ4v) is 3.19. The summed E-state index contributed by atoms with van der Waals surface area (Å²) in [7, 11) is -2.00. The van der Waals surface area contributed by atoms with E-state index in [0.717, 1.165) is 15.7 Å². The fourth-order valence-electron chi connectivity index (χ4n) is 2.53. The van der Waals surface area contributed by atoms with Gasteiger partial charge in [-0.25, -0.2) is 17.8 Å². The topological polar surface area (TPSA) is 113 Å². The van der Waals surface area contributed by atoms with Crippen LogP contribution in [0.15, 0.2) is 24.6 Å². The summed E-state index contributed by atoms with van der Waals surface area (Å²) >= 11 is 0. The number of carbonyl (C=O) groups excluding carboxylic acids is 2. The summed E-state index contributed by atoms with van der Waals surface area (Å²) < 4.78 is 41.1. The quantitative estimate of drug-likeness (QED) is 0.287. The first-order valence-corrected chi connectivity index (χ1v) is 10.9. The third-order valence-corrected chi connectivity index (χ3v) is 5.49. The average molecular weight is 430 g/mol. The number of hydrogen-bond donors (Lipinski definition) is 2. The maximum absolute atomic E-state index is 14.5. The molecule has 0 spiro atoms. The number of rotatable bonds is 12. The van der Waals surface area contributed by atoms with E-state index in [4.69, 9.17) is 0 Å². The van der Waals surface area contributed by atoms with Crippen LogP contribution in [0, 0.1) is 5.95 Å². The Morgan fingerprint density at radius 2 is 2.10 bits per heavy atom. The predicted molar refractivity (Wildman–Crippen MR) is 107 cm³/mol. The van der Waals surface area contributed by atoms with Crippen LogP contribution in [-0.4, -0.2) is 60.3 Å². The minimum absolute atomic E-state index is 0.00178. The Bertz CT molecular complexity index is 862. The molecular weight excluding hydrogens is 401 g/mol. The Balaban J connectivity index is 3.18. The summed E-state index contributed by atoms with van der Waals surface area (Å²) in [6.07, 6.45) is 3.12. The smallest absolute Gasteiger partial charge is 0.255 e. The predicted octanol–water partition coefficient (Wildman–Crippen LogP) is 0.626. The van der Waals surface area contributed by atoms with E-state index in [9.17, 15) is 22.4 Å². The minimum atomic E-state index is -3.39. The van der Waals surface area contributed by atoms with Gasteiger partial charge < -0.3 is 10.2 Å². The second kappa shape index (κ2) is 11.5. The highest BCUT2D eigenvalue weighted by Gasteiger charge is 2.34. The largest absolute Gasteiger partial charge is 0.354 e. The fraction of sp³-hybridized carbons (Fsp3) is 0.556. The molecule has 0 aliphatic carbocycles. The number of sulfonamides is 1. The lowest BCUT2D eigenvalue weighted by atomic mass is 10.1. The van der Waals surface area contributed by atoms with Crippen molar-refractivity contribution in [2.45, 2.75) is 32.7 Å². The molecule has 0 saturated heterocycles. The Hall–Kier alpha value is -2.49. The van der Waals surface area contributed by atoms with E-state index in [0.29, 0.717) is 13.0 Å². The van der Waals surface area contributed by atoms with Gasteiger partial charge in [0.2, 0.25) is 21.9 Å². The number of halogens is 1. The first-order chi connectivity index (χ1) is 13.7. The van der Waals surface area contributed by atoms with Crippen LogP contribution in [0.1, 0.15) is 38.3 Å². The highest BCUT2D eigenvalue weighted by Crippen LogP contribution is 2.24. The molecule has 0 aliphatic heterocycles. The second-order valence-electron chi connectivity index (χ2n) is 6.24. The molecule has 29 heavy (non-hydrogen) atoms. The Morgan fingerprint density at radius 3 is 2.62 bits per heavy atom. The maximum atomic E-state index is 14.5. The van der Waals surface area contributed by atoms with Crippen LogP contribution in [-0.2, 0) is 26.7 Å². The molecular formula is C18H28FN5O4S. The highest BCUT2D eigenvalue weighted by molar-refractivity contribution is 7.89. The zero-order valence-corrected chi connectivity index (χ0v) is 17.8. The van der Waals surface area contributed by atoms with Crippen molar-refractivity contribution in [3.05, 3.63) is 36.1 Å². The number of aromatic nitrogens is 2. The zero-order valence-electron chi connectivity index (χ0n) is 16.9. The third-order valence-electron chi connectivity index (χ3n) is 4.08. The molecule has 1 atom stereocenters. The van der Waals surface area contributed by atoms with Crippen LogP contribution < -0.4 is 10.0 Å². The van der Waals surface area contributed by atoms with Crippen molar-refractivity contribution in [3.63, 3.8) is 0 Å². The van der Waals surface area contributed by atoms with Crippen molar-refractivity contribution in [2.75, 3.05) is 25.4 Å². The van der Waals surface area contributed by atoms with Gasteiger partial charge in [-0.05, 0) is 19.8 Å². The standard InChI is InChI=1S/C18H28FN5O4S/c1-5-9-15(25)24(12-8-11-22-29(27,28)7-3)16(18(26)20-10-6-2)14-13-21-23(4)17(14)19/h9,13,16,22H,1,6-8,10-12H2,2-4H3,(H,20,26). The lowest BCUT2D eigenvalue weighted by Crippen LogP contribution is -2.44. The number of hydrogen-bond acceptors (Lipinski definition) is 5. The molecule has 0 aromatic carbocycles. The Labute approximate surface area is 170 Å². The number of aryl methyl sites for hydroxylation is 1. The van der Waals surface area contributed by atoms with Gasteiger partial charge in [0.05, 0.1) is 17.5 Å². The van der Waals surface area contributed by atoms with Crippen molar-refractivity contribution in [1.82, 2.24) is 24.7 Å². The van der Waals surface area contributed by atoms with Crippen molar-refractivity contribution >= 4 is 21.8 Å². The Morgan fingerprint density at radius 1 is 1.41 bits per heavy atom. The van der Waals surface area contributed by atoms with Gasteiger partial charge in [0.1, 0.15) is 6.04 Å². The summed E-state index contributed by atoms with van der Waals surface area (Å²) in [6, 6.07) is -1.27. The number of nitrogens with one attached hydrogen (secondary N) is 2. The van der Waals surface area contributed by atoms with Crippen LogP contribution >= 0.6 is 0 Å². The summed E-state index contributed by atoms with van der Waals surface area (Å²) in [5.74, 6) is -1.97. The molecule has 162 valence electrons. The molecule has 0 fully saturated rings. The minimum Gasteiger partial charge on any atom is -0.354 e. The first kappa shape index (κ1) is 24.5. The normalized spacial score (nSPS) is 12.1. The van der Waals surface area contributed by atoms with Gasteiger partial charge >= 0.3 is 0 Å². The van der Waals surface area contributed by atoms with Gasteiger partial charge in [-0.3, -0.25) is 9.59 Å². The van der Waals surface area contributed by atoms with E-state index in [1.54, 1.807) is 0 Å². The lowest BCUT2D eigenvalue weighted by Gasteiger charge is -2.29. The van der Waals surface area contributed by atoms with Crippen molar-refractivity contribution in [3.8, 4) is 0 Å². The third kappa shape index (κ3) is 7.12. The molecule has 0 saturated carbocycles. The number of carbonyl (C=O) groups is 2. The molecule has 0 bridgehead atoms. The molecule has 1 aromatic rings. The van der Waals surface area contributed by atoms with Gasteiger partial charge in [0, 0.05) is 32.8 Å². The lowest BCUT2D eigenvalue weighted by molar-refractivity contribution is -0.137. The summed E-state index contributed by atoms with van der Waals surface area (Å²) in [5, 5.41) is 6.49. The first-order valence-electron chi connectivity index (χ1n) is 9.27. The van der Waals surface area contributed by atoms with Gasteiger partial charge in [0.25, 0.3) is 5.91 Å². The monoisotopic (exact) mass is 429 g/mol. The van der Waals surface area contributed by atoms with Crippen LogP contribution in [0.2, 0.25) is 0 Å². The maximum Gasteiger partial charge on any atom is 0.255 e. The molecule has 1 heterocycles. The van der Waals surface area contributed by atoms with Gasteiger partial charge in [-0.2, -0.15) is 9.49 Å². The van der Waals surface area contributed by atoms with Gasteiger partial charge in [-0.1, -0.05) is 13.5 Å². The van der Waals surface area contributed by atoms with Crippen LogP contribution in [0.5, 0.6) is 0 Å². The average Bonchev–Trinajstić information content (AvgIpc) is 3.01. The molecule has 1 rings (SSSR count). The second-order valence-corrected chi connectivity index (χ2v) is 8.33. The van der Waals surface area contributed by atoms with Crippen LogP contribution in [0.4, 0.5) is 4.39 Å². The number of nitrogens with zero attached hydrogens (tertiary/aromatic N) is 3. The molecule has 11 heteroatoms. The summed E-state index contributed by atoms with van der Waals surface area (Å²) in [6.45, 7) is 7.15. The van der Waals surface area contributed by atoms with E-state index >= 15 is 0 Å². The molecule has 0 radical (unpaired) electrons. The van der Waals surface area contributed by atoms with E-state index < -0.39 is 33.8 Å². The van der Waals surface area contributed by atoms with E-state index in [1.807, 2.05) is 6.92 Å².